The Morgan fingerprint density at radius 3 is 2.95 bits per heavy atom. The first kappa shape index (κ1) is 13.0. The number of fused-ring (bicyclic) bond motifs is 3. The Labute approximate surface area is 123 Å². The van der Waals surface area contributed by atoms with Gasteiger partial charge in [-0.1, -0.05) is 29.7 Å². The number of carbonyl (C=O) groups is 1. The summed E-state index contributed by atoms with van der Waals surface area (Å²) < 4.78 is 0. The molecule has 2 atom stereocenters. The lowest BCUT2D eigenvalue weighted by Crippen LogP contribution is -2.35. The molecule has 1 aromatic carbocycles. The molecule has 0 radical (unpaired) electrons. The summed E-state index contributed by atoms with van der Waals surface area (Å²) in [6, 6.07) is 7.80. The van der Waals surface area contributed by atoms with Crippen LogP contribution in [0.3, 0.4) is 0 Å². The van der Waals surface area contributed by atoms with Crippen molar-refractivity contribution in [2.75, 3.05) is 0 Å². The van der Waals surface area contributed by atoms with Gasteiger partial charge in [0.2, 0.25) is 0 Å². The van der Waals surface area contributed by atoms with Gasteiger partial charge in [0.1, 0.15) is 5.92 Å². The number of carbonyl (C=O) groups excluding carboxylic acids is 1. The summed E-state index contributed by atoms with van der Waals surface area (Å²) in [7, 11) is 0. The number of terminal acetylenes is 1. The highest BCUT2D eigenvalue weighted by atomic mass is 35.5. The average Bonchev–Trinajstić information content (AvgIpc) is 2.47. The number of aryl methyl sites for hydroxylation is 1. The monoisotopic (exact) mass is 281 g/mol. The Balaban J connectivity index is 2.26. The van der Waals surface area contributed by atoms with E-state index in [0.717, 1.165) is 29.5 Å². The highest BCUT2D eigenvalue weighted by Gasteiger charge is 2.45. The van der Waals surface area contributed by atoms with Crippen LogP contribution in [0.1, 0.15) is 24.0 Å². The predicted molar refractivity (Wildman–Crippen MR) is 77.7 cm³/mol. The molecule has 2 unspecified atom stereocenters. The number of benzene rings is 1. The van der Waals surface area contributed by atoms with Crippen molar-refractivity contribution < 1.29 is 4.79 Å². The van der Waals surface area contributed by atoms with Crippen LogP contribution in [0.25, 0.3) is 5.57 Å². The van der Waals surface area contributed by atoms with E-state index in [1.165, 1.54) is 0 Å². The third-order valence-electron chi connectivity index (χ3n) is 4.32. The van der Waals surface area contributed by atoms with E-state index >= 15 is 0 Å². The average molecular weight is 282 g/mol. The summed E-state index contributed by atoms with van der Waals surface area (Å²) in [6.07, 6.45) is 9.29. The molecule has 0 N–H and O–H groups in total. The maximum absolute atomic E-state index is 12.0. The summed E-state index contributed by atoms with van der Waals surface area (Å²) in [6.45, 7) is 0. The quantitative estimate of drug-likeness (QED) is 0.684. The van der Waals surface area contributed by atoms with E-state index in [0.29, 0.717) is 11.4 Å². The van der Waals surface area contributed by atoms with Crippen LogP contribution in [0.4, 0.5) is 0 Å². The third kappa shape index (κ3) is 1.69. The number of hydrogen-bond acceptors (Lipinski definition) is 2. The molecule has 20 heavy (non-hydrogen) atoms. The number of ketones is 1. The smallest absolute Gasteiger partial charge is 0.173 e. The normalized spacial score (nSPS) is 27.6. The standard InChI is InChI=1S/C17H12ClNO/c1-2-17-7-6-11-4-3-5-14(18)16(11)13(17)8-15(20)12(9-17)10-19/h1,3-5,8,12H,6-7,9H2. The van der Waals surface area contributed by atoms with Crippen LogP contribution in [0.15, 0.2) is 24.3 Å². The Hall–Kier alpha value is -2.03. The molecule has 0 aliphatic heterocycles. The van der Waals surface area contributed by atoms with Crippen LogP contribution < -0.4 is 0 Å². The van der Waals surface area contributed by atoms with Crippen molar-refractivity contribution in [2.45, 2.75) is 19.3 Å². The number of nitrogens with zero attached hydrogens (tertiary/aromatic N) is 1. The zero-order valence-electron chi connectivity index (χ0n) is 10.8. The summed E-state index contributed by atoms with van der Waals surface area (Å²) in [5.41, 5.74) is 2.30. The zero-order chi connectivity index (χ0) is 14.3. The van der Waals surface area contributed by atoms with Crippen molar-refractivity contribution in [1.82, 2.24) is 0 Å². The van der Waals surface area contributed by atoms with Crippen LogP contribution in [0.5, 0.6) is 0 Å². The molecular weight excluding hydrogens is 270 g/mol. The Kier molecular flexibility index (Phi) is 2.93. The first-order chi connectivity index (χ1) is 9.61. The van der Waals surface area contributed by atoms with Crippen LogP contribution in [0, 0.1) is 35.0 Å². The van der Waals surface area contributed by atoms with E-state index in [9.17, 15) is 4.79 Å². The molecule has 2 nitrogen and oxygen atoms in total. The van der Waals surface area contributed by atoms with Crippen molar-refractivity contribution in [3.63, 3.8) is 0 Å². The molecule has 0 amide bonds. The Bertz CT molecular complexity index is 719. The van der Waals surface area contributed by atoms with Gasteiger partial charge in [-0.15, -0.1) is 6.42 Å². The van der Waals surface area contributed by atoms with E-state index in [4.69, 9.17) is 23.3 Å². The topological polar surface area (TPSA) is 40.9 Å². The van der Waals surface area contributed by atoms with E-state index < -0.39 is 11.3 Å². The molecule has 2 aliphatic rings. The number of rotatable bonds is 0. The fraction of sp³-hybridized carbons (Fsp3) is 0.294. The fourth-order valence-corrected chi connectivity index (χ4v) is 3.53. The van der Waals surface area contributed by atoms with Crippen molar-refractivity contribution in [3.05, 3.63) is 40.4 Å². The number of hydrogen-bond donors (Lipinski definition) is 0. The molecule has 2 aliphatic carbocycles. The third-order valence-corrected chi connectivity index (χ3v) is 4.64. The lowest BCUT2D eigenvalue weighted by molar-refractivity contribution is -0.117. The van der Waals surface area contributed by atoms with Gasteiger partial charge >= 0.3 is 0 Å². The fourth-order valence-electron chi connectivity index (χ4n) is 3.23. The summed E-state index contributed by atoms with van der Waals surface area (Å²) in [4.78, 5) is 12.0. The van der Waals surface area contributed by atoms with Gasteiger partial charge in [0.25, 0.3) is 0 Å². The lowest BCUT2D eigenvalue weighted by Gasteiger charge is -2.40. The van der Waals surface area contributed by atoms with Gasteiger partial charge in [-0.05, 0) is 42.5 Å². The molecule has 0 bridgehead atoms. The Morgan fingerprint density at radius 1 is 1.45 bits per heavy atom. The number of halogens is 1. The molecular formula is C17H12ClNO. The van der Waals surface area contributed by atoms with Gasteiger partial charge in [-0.3, -0.25) is 4.79 Å². The second-order valence-corrected chi connectivity index (χ2v) is 5.75. The van der Waals surface area contributed by atoms with Crippen molar-refractivity contribution in [2.24, 2.45) is 11.3 Å². The van der Waals surface area contributed by atoms with Gasteiger partial charge in [-0.25, -0.2) is 0 Å². The maximum Gasteiger partial charge on any atom is 0.173 e. The maximum atomic E-state index is 12.0. The van der Waals surface area contributed by atoms with Crippen molar-refractivity contribution in [1.29, 1.82) is 5.26 Å². The molecule has 0 saturated carbocycles. The largest absolute Gasteiger partial charge is 0.293 e. The van der Waals surface area contributed by atoms with Crippen LogP contribution in [-0.2, 0) is 11.2 Å². The minimum atomic E-state index is -0.640. The molecule has 0 aromatic heterocycles. The second-order valence-electron chi connectivity index (χ2n) is 5.35. The first-order valence-electron chi connectivity index (χ1n) is 6.52. The number of nitriles is 1. The summed E-state index contributed by atoms with van der Waals surface area (Å²) in [5.74, 6) is 2.04. The van der Waals surface area contributed by atoms with E-state index in [2.05, 4.69) is 12.0 Å². The van der Waals surface area contributed by atoms with E-state index in [-0.39, 0.29) is 5.78 Å². The minimum Gasteiger partial charge on any atom is -0.293 e. The molecule has 3 heteroatoms. The zero-order valence-corrected chi connectivity index (χ0v) is 11.6. The van der Waals surface area contributed by atoms with Crippen LogP contribution >= 0.6 is 11.6 Å². The van der Waals surface area contributed by atoms with Gasteiger partial charge in [0.15, 0.2) is 5.78 Å². The predicted octanol–water partition coefficient (Wildman–Crippen LogP) is 3.40. The van der Waals surface area contributed by atoms with Gasteiger partial charge in [0.05, 0.1) is 11.5 Å². The second kappa shape index (κ2) is 4.51. The molecule has 3 rings (SSSR count). The number of allylic oxidation sites excluding steroid dienone is 2. The molecule has 1 aromatic rings. The van der Waals surface area contributed by atoms with E-state index in [1.54, 1.807) is 6.08 Å². The highest BCUT2D eigenvalue weighted by Crippen LogP contribution is 2.52. The summed E-state index contributed by atoms with van der Waals surface area (Å²) >= 11 is 6.31. The Morgan fingerprint density at radius 2 is 2.25 bits per heavy atom. The van der Waals surface area contributed by atoms with E-state index in [1.807, 2.05) is 18.2 Å². The molecule has 0 saturated heterocycles. The van der Waals surface area contributed by atoms with Crippen LogP contribution in [0.2, 0.25) is 5.02 Å². The van der Waals surface area contributed by atoms with Crippen molar-refractivity contribution in [3.8, 4) is 18.4 Å². The molecule has 0 spiro atoms. The molecule has 98 valence electrons. The SMILES string of the molecule is C#CC12CCc3cccc(Cl)c3C1=CC(=O)C(C#N)C2. The summed E-state index contributed by atoms with van der Waals surface area (Å²) in [5, 5.41) is 9.74. The van der Waals surface area contributed by atoms with Crippen molar-refractivity contribution >= 4 is 23.0 Å². The first-order valence-corrected chi connectivity index (χ1v) is 6.90. The molecule has 0 fully saturated rings. The highest BCUT2D eigenvalue weighted by molar-refractivity contribution is 6.33. The van der Waals surface area contributed by atoms with Gasteiger partial charge in [-0.2, -0.15) is 5.26 Å². The van der Waals surface area contributed by atoms with Gasteiger partial charge in [0, 0.05) is 10.6 Å². The van der Waals surface area contributed by atoms with Crippen LogP contribution in [-0.4, -0.2) is 5.78 Å². The van der Waals surface area contributed by atoms with Gasteiger partial charge < -0.3 is 0 Å². The molecule has 0 heterocycles. The minimum absolute atomic E-state index is 0.166. The lowest BCUT2D eigenvalue weighted by atomic mass is 9.61.